The Kier molecular flexibility index (Phi) is 6.62. The standard InChI is InChI=1S/C23H28O3/c1-15-7-10-20(11-8-15)14-17(3)13-16(2)9-12-21-18(4)22(24)19(5)23(25-6)26-21/h7-8,10-11,13-14H,9,12H2,1-6H3/b16-13+,17-14+. The number of ether oxygens (including phenoxy) is 1. The van der Waals surface area contributed by atoms with E-state index in [1.165, 1.54) is 29.4 Å². The van der Waals surface area contributed by atoms with Gasteiger partial charge in [-0.3, -0.25) is 4.79 Å². The second-order valence-electron chi connectivity index (χ2n) is 6.89. The van der Waals surface area contributed by atoms with E-state index in [0.29, 0.717) is 29.3 Å². The minimum Gasteiger partial charge on any atom is -0.468 e. The zero-order valence-corrected chi connectivity index (χ0v) is 16.6. The SMILES string of the molecule is COc1oc(CC/C(C)=C/C(C)=C/c2ccc(C)cc2)c(C)c(=O)c1C. The fraction of sp³-hybridized carbons (Fsp3) is 0.348. The summed E-state index contributed by atoms with van der Waals surface area (Å²) in [6, 6.07) is 8.48. The number of hydrogen-bond acceptors (Lipinski definition) is 3. The Bertz CT molecular complexity index is 881. The predicted molar refractivity (Wildman–Crippen MR) is 108 cm³/mol. The highest BCUT2D eigenvalue weighted by Gasteiger charge is 2.13. The van der Waals surface area contributed by atoms with Crippen molar-refractivity contribution in [1.82, 2.24) is 0 Å². The number of aryl methyl sites for hydroxylation is 2. The van der Waals surface area contributed by atoms with Crippen molar-refractivity contribution in [2.24, 2.45) is 0 Å². The third-order valence-electron chi connectivity index (χ3n) is 4.50. The largest absolute Gasteiger partial charge is 0.468 e. The van der Waals surface area contributed by atoms with Crippen molar-refractivity contribution < 1.29 is 9.15 Å². The van der Waals surface area contributed by atoms with Gasteiger partial charge in [-0.15, -0.1) is 0 Å². The molecule has 0 N–H and O–H groups in total. The fourth-order valence-corrected chi connectivity index (χ4v) is 2.94. The van der Waals surface area contributed by atoms with Gasteiger partial charge in [-0.1, -0.05) is 53.1 Å². The van der Waals surface area contributed by atoms with Crippen molar-refractivity contribution in [3.63, 3.8) is 0 Å². The Morgan fingerprint density at radius 2 is 1.73 bits per heavy atom. The minimum absolute atomic E-state index is 0.000167. The van der Waals surface area contributed by atoms with E-state index in [2.05, 4.69) is 57.2 Å². The van der Waals surface area contributed by atoms with Crippen LogP contribution in [0, 0.1) is 20.8 Å². The van der Waals surface area contributed by atoms with Crippen molar-refractivity contribution in [3.8, 4) is 5.95 Å². The summed E-state index contributed by atoms with van der Waals surface area (Å²) in [5, 5.41) is 0. The molecule has 2 aromatic rings. The number of benzene rings is 1. The molecule has 0 aliphatic rings. The van der Waals surface area contributed by atoms with Gasteiger partial charge in [0.05, 0.1) is 12.7 Å². The average molecular weight is 352 g/mol. The molecule has 0 fully saturated rings. The molecule has 3 nitrogen and oxygen atoms in total. The van der Waals surface area contributed by atoms with Crippen LogP contribution in [0.1, 0.15) is 48.3 Å². The van der Waals surface area contributed by atoms with Crippen LogP contribution in [0.5, 0.6) is 5.95 Å². The second kappa shape index (κ2) is 8.70. The van der Waals surface area contributed by atoms with Gasteiger partial charge in [-0.2, -0.15) is 0 Å². The van der Waals surface area contributed by atoms with Crippen molar-refractivity contribution in [2.75, 3.05) is 7.11 Å². The third kappa shape index (κ3) is 4.98. The molecule has 26 heavy (non-hydrogen) atoms. The Hall–Kier alpha value is -2.55. The quantitative estimate of drug-likeness (QED) is 0.639. The number of methoxy groups -OCH3 is 1. The van der Waals surface area contributed by atoms with E-state index in [9.17, 15) is 4.79 Å². The molecule has 0 radical (unpaired) electrons. The van der Waals surface area contributed by atoms with Crippen molar-refractivity contribution in [2.45, 2.75) is 47.5 Å². The number of hydrogen-bond donors (Lipinski definition) is 0. The molecule has 0 unspecified atom stereocenters. The van der Waals surface area contributed by atoms with Crippen LogP contribution >= 0.6 is 0 Å². The molecular formula is C23H28O3. The Morgan fingerprint density at radius 3 is 2.35 bits per heavy atom. The maximum Gasteiger partial charge on any atom is 0.291 e. The topological polar surface area (TPSA) is 39.4 Å². The van der Waals surface area contributed by atoms with Crippen LogP contribution in [0.3, 0.4) is 0 Å². The molecule has 1 aromatic carbocycles. The van der Waals surface area contributed by atoms with Crippen LogP contribution in [-0.2, 0) is 6.42 Å². The van der Waals surface area contributed by atoms with Gasteiger partial charge in [-0.05, 0) is 46.6 Å². The van der Waals surface area contributed by atoms with Crippen LogP contribution in [0.25, 0.3) is 6.08 Å². The summed E-state index contributed by atoms with van der Waals surface area (Å²) in [6.07, 6.45) is 5.86. The van der Waals surface area contributed by atoms with E-state index >= 15 is 0 Å². The fourth-order valence-electron chi connectivity index (χ4n) is 2.94. The predicted octanol–water partition coefficient (Wildman–Crippen LogP) is 5.56. The molecule has 0 spiro atoms. The number of allylic oxidation sites excluding steroid dienone is 3. The van der Waals surface area contributed by atoms with Crippen LogP contribution in [0.4, 0.5) is 0 Å². The molecule has 1 heterocycles. The normalized spacial score (nSPS) is 12.4. The molecule has 2 rings (SSSR count). The molecule has 0 bridgehead atoms. The van der Waals surface area contributed by atoms with E-state index in [1.54, 1.807) is 6.92 Å². The van der Waals surface area contributed by atoms with Crippen LogP contribution in [0.2, 0.25) is 0 Å². The molecule has 0 saturated heterocycles. The van der Waals surface area contributed by atoms with E-state index in [-0.39, 0.29) is 5.43 Å². The van der Waals surface area contributed by atoms with E-state index < -0.39 is 0 Å². The molecule has 1 aromatic heterocycles. The smallest absolute Gasteiger partial charge is 0.291 e. The lowest BCUT2D eigenvalue weighted by atomic mass is 10.0. The maximum atomic E-state index is 12.3. The summed E-state index contributed by atoms with van der Waals surface area (Å²) < 4.78 is 10.9. The summed E-state index contributed by atoms with van der Waals surface area (Å²) in [5.74, 6) is 1.01. The van der Waals surface area contributed by atoms with Crippen LogP contribution in [0.15, 0.2) is 50.7 Å². The van der Waals surface area contributed by atoms with Crippen LogP contribution < -0.4 is 10.2 Å². The molecule has 0 aliphatic carbocycles. The molecule has 0 atom stereocenters. The highest BCUT2D eigenvalue weighted by atomic mass is 16.6. The molecule has 0 saturated carbocycles. The first-order valence-corrected chi connectivity index (χ1v) is 8.91. The second-order valence-corrected chi connectivity index (χ2v) is 6.89. The van der Waals surface area contributed by atoms with Crippen molar-refractivity contribution >= 4 is 6.08 Å². The van der Waals surface area contributed by atoms with E-state index in [4.69, 9.17) is 9.15 Å². The van der Waals surface area contributed by atoms with Gasteiger partial charge in [0.2, 0.25) is 0 Å². The summed E-state index contributed by atoms with van der Waals surface area (Å²) in [5.41, 5.74) is 6.10. The average Bonchev–Trinajstić information content (AvgIpc) is 2.61. The molecule has 3 heteroatoms. The summed E-state index contributed by atoms with van der Waals surface area (Å²) in [7, 11) is 1.52. The summed E-state index contributed by atoms with van der Waals surface area (Å²) in [4.78, 5) is 12.3. The lowest BCUT2D eigenvalue weighted by molar-refractivity contribution is 0.279. The summed E-state index contributed by atoms with van der Waals surface area (Å²) >= 11 is 0. The highest BCUT2D eigenvalue weighted by molar-refractivity contribution is 5.55. The van der Waals surface area contributed by atoms with Gasteiger partial charge in [0.15, 0.2) is 5.43 Å². The van der Waals surface area contributed by atoms with Gasteiger partial charge in [0, 0.05) is 12.0 Å². The molecule has 138 valence electrons. The first-order valence-electron chi connectivity index (χ1n) is 8.91. The molecule has 0 amide bonds. The third-order valence-corrected chi connectivity index (χ3v) is 4.50. The maximum absolute atomic E-state index is 12.3. The minimum atomic E-state index is 0.000167. The number of rotatable bonds is 6. The van der Waals surface area contributed by atoms with Crippen LogP contribution in [-0.4, -0.2) is 7.11 Å². The lowest BCUT2D eigenvalue weighted by Crippen LogP contribution is -2.13. The zero-order valence-electron chi connectivity index (χ0n) is 16.6. The van der Waals surface area contributed by atoms with Gasteiger partial charge in [-0.25, -0.2) is 0 Å². The van der Waals surface area contributed by atoms with Gasteiger partial charge in [0.1, 0.15) is 5.76 Å². The van der Waals surface area contributed by atoms with Crippen molar-refractivity contribution in [1.29, 1.82) is 0 Å². The van der Waals surface area contributed by atoms with Crippen molar-refractivity contribution in [3.05, 3.63) is 79.7 Å². The first-order chi connectivity index (χ1) is 12.3. The van der Waals surface area contributed by atoms with E-state index in [0.717, 1.165) is 6.42 Å². The molecular weight excluding hydrogens is 324 g/mol. The summed E-state index contributed by atoms with van der Waals surface area (Å²) in [6.45, 7) is 9.83. The Labute approximate surface area is 156 Å². The molecule has 0 aliphatic heterocycles. The Balaban J connectivity index is 2.11. The lowest BCUT2D eigenvalue weighted by Gasteiger charge is -2.09. The van der Waals surface area contributed by atoms with Gasteiger partial charge in [0.25, 0.3) is 5.95 Å². The monoisotopic (exact) mass is 352 g/mol. The van der Waals surface area contributed by atoms with Gasteiger partial charge >= 0.3 is 0 Å². The zero-order chi connectivity index (χ0) is 19.3. The van der Waals surface area contributed by atoms with Gasteiger partial charge < -0.3 is 9.15 Å². The first kappa shape index (κ1) is 19.8. The van der Waals surface area contributed by atoms with E-state index in [1.807, 2.05) is 6.92 Å². The Morgan fingerprint density at radius 1 is 1.08 bits per heavy atom. The highest BCUT2D eigenvalue weighted by Crippen LogP contribution is 2.21.